The SMILES string of the molecule is Cc1ccccc1-c1nnc(S[C@@H](C)C(=O)c2ccc3c(c2)CCC3)n1C. The van der Waals surface area contributed by atoms with Crippen molar-refractivity contribution >= 4 is 17.5 Å². The molecule has 5 heteroatoms. The minimum Gasteiger partial charge on any atom is -0.305 e. The van der Waals surface area contributed by atoms with Gasteiger partial charge in [0.25, 0.3) is 0 Å². The summed E-state index contributed by atoms with van der Waals surface area (Å²) >= 11 is 1.47. The second-order valence-electron chi connectivity index (χ2n) is 7.14. The van der Waals surface area contributed by atoms with Crippen molar-refractivity contribution in [2.75, 3.05) is 0 Å². The van der Waals surface area contributed by atoms with E-state index >= 15 is 0 Å². The lowest BCUT2D eigenvalue weighted by molar-refractivity contribution is 0.0993. The molecule has 0 fully saturated rings. The summed E-state index contributed by atoms with van der Waals surface area (Å²) in [6.45, 7) is 4.01. The van der Waals surface area contributed by atoms with Gasteiger partial charge in [0.1, 0.15) is 0 Å². The van der Waals surface area contributed by atoms with Crippen LogP contribution in [0, 0.1) is 6.92 Å². The molecule has 27 heavy (non-hydrogen) atoms. The summed E-state index contributed by atoms with van der Waals surface area (Å²) in [5.41, 5.74) is 5.75. The van der Waals surface area contributed by atoms with Crippen LogP contribution in [0.25, 0.3) is 11.4 Å². The quantitative estimate of drug-likeness (QED) is 0.480. The van der Waals surface area contributed by atoms with Crippen LogP contribution >= 0.6 is 11.8 Å². The Morgan fingerprint density at radius 3 is 2.70 bits per heavy atom. The van der Waals surface area contributed by atoms with Crippen molar-refractivity contribution < 1.29 is 4.79 Å². The van der Waals surface area contributed by atoms with Gasteiger partial charge < -0.3 is 4.57 Å². The molecule has 1 aliphatic carbocycles. The summed E-state index contributed by atoms with van der Waals surface area (Å²) in [7, 11) is 1.96. The van der Waals surface area contributed by atoms with Crippen LogP contribution < -0.4 is 0 Å². The van der Waals surface area contributed by atoms with Gasteiger partial charge in [0.05, 0.1) is 5.25 Å². The number of rotatable bonds is 5. The van der Waals surface area contributed by atoms with Crippen molar-refractivity contribution in [3.63, 3.8) is 0 Å². The predicted molar refractivity (Wildman–Crippen MR) is 109 cm³/mol. The highest BCUT2D eigenvalue weighted by atomic mass is 32.2. The maximum absolute atomic E-state index is 12.9. The predicted octanol–water partition coefficient (Wildman–Crippen LogP) is 4.64. The summed E-state index contributed by atoms with van der Waals surface area (Å²) in [6.07, 6.45) is 3.41. The van der Waals surface area contributed by atoms with Gasteiger partial charge in [-0.3, -0.25) is 4.79 Å². The first-order valence-corrected chi connectivity index (χ1v) is 10.2. The molecule has 0 aliphatic heterocycles. The van der Waals surface area contributed by atoms with E-state index in [9.17, 15) is 4.79 Å². The molecule has 0 amide bonds. The van der Waals surface area contributed by atoms with Gasteiger partial charge in [-0.2, -0.15) is 0 Å². The van der Waals surface area contributed by atoms with E-state index < -0.39 is 0 Å². The summed E-state index contributed by atoms with van der Waals surface area (Å²) in [5.74, 6) is 0.975. The highest BCUT2D eigenvalue weighted by Gasteiger charge is 2.22. The number of carbonyl (C=O) groups is 1. The Morgan fingerprint density at radius 2 is 1.89 bits per heavy atom. The number of thioether (sulfide) groups is 1. The average Bonchev–Trinajstić information content (AvgIpc) is 3.28. The molecule has 0 bridgehead atoms. The normalized spacial score (nSPS) is 14.2. The third-order valence-corrected chi connectivity index (χ3v) is 6.39. The Bertz CT molecular complexity index is 1010. The number of hydrogen-bond acceptors (Lipinski definition) is 4. The Kier molecular flexibility index (Phi) is 4.87. The fraction of sp³-hybridized carbons (Fsp3) is 0.318. The molecule has 4 nitrogen and oxygen atoms in total. The molecule has 4 rings (SSSR count). The van der Waals surface area contributed by atoms with Gasteiger partial charge in [0, 0.05) is 18.2 Å². The van der Waals surface area contributed by atoms with Crippen LogP contribution in [0.5, 0.6) is 0 Å². The van der Waals surface area contributed by atoms with E-state index in [2.05, 4.69) is 35.3 Å². The summed E-state index contributed by atoms with van der Waals surface area (Å²) in [4.78, 5) is 12.9. The molecular weight excluding hydrogens is 354 g/mol. The first-order chi connectivity index (χ1) is 13.0. The number of Topliss-reactive ketones (excluding diaryl/α,β-unsaturated/α-hetero) is 1. The summed E-state index contributed by atoms with van der Waals surface area (Å²) in [6, 6.07) is 14.3. The van der Waals surface area contributed by atoms with E-state index in [0.717, 1.165) is 40.5 Å². The minimum atomic E-state index is -0.211. The number of aryl methyl sites for hydroxylation is 3. The van der Waals surface area contributed by atoms with Gasteiger partial charge in [-0.25, -0.2) is 0 Å². The lowest BCUT2D eigenvalue weighted by Gasteiger charge is -2.11. The molecule has 2 aromatic carbocycles. The molecule has 0 unspecified atom stereocenters. The van der Waals surface area contributed by atoms with Gasteiger partial charge in [-0.1, -0.05) is 48.2 Å². The fourth-order valence-electron chi connectivity index (χ4n) is 3.65. The zero-order chi connectivity index (χ0) is 19.0. The molecule has 0 spiro atoms. The molecule has 1 atom stereocenters. The zero-order valence-corrected chi connectivity index (χ0v) is 16.7. The van der Waals surface area contributed by atoms with E-state index in [1.165, 1.54) is 29.3 Å². The second-order valence-corrected chi connectivity index (χ2v) is 8.45. The Labute approximate surface area is 164 Å². The second kappa shape index (κ2) is 7.31. The Morgan fingerprint density at radius 1 is 1.11 bits per heavy atom. The number of ketones is 1. The van der Waals surface area contributed by atoms with Crippen molar-refractivity contribution in [1.29, 1.82) is 0 Å². The first kappa shape index (κ1) is 18.0. The molecule has 0 radical (unpaired) electrons. The van der Waals surface area contributed by atoms with Crippen molar-refractivity contribution in [2.45, 2.75) is 43.5 Å². The topological polar surface area (TPSA) is 47.8 Å². The summed E-state index contributed by atoms with van der Waals surface area (Å²) in [5, 5.41) is 9.24. The third-order valence-electron chi connectivity index (χ3n) is 5.26. The van der Waals surface area contributed by atoms with Crippen molar-refractivity contribution in [1.82, 2.24) is 14.8 Å². The van der Waals surface area contributed by atoms with Crippen LogP contribution in [0.4, 0.5) is 0 Å². The monoisotopic (exact) mass is 377 g/mol. The van der Waals surface area contributed by atoms with Crippen molar-refractivity contribution in [3.8, 4) is 11.4 Å². The maximum Gasteiger partial charge on any atom is 0.191 e. The number of nitrogens with zero attached hydrogens (tertiary/aromatic N) is 3. The highest BCUT2D eigenvalue weighted by Crippen LogP contribution is 2.30. The lowest BCUT2D eigenvalue weighted by Crippen LogP contribution is -2.14. The lowest BCUT2D eigenvalue weighted by atomic mass is 10.0. The van der Waals surface area contributed by atoms with Gasteiger partial charge >= 0.3 is 0 Å². The molecule has 1 heterocycles. The standard InChI is InChI=1S/C22H23N3OS/c1-14-7-4-5-10-19(14)21-23-24-22(25(21)3)27-15(2)20(26)18-12-11-16-8-6-9-17(16)13-18/h4-5,7,10-13,15H,6,8-9H2,1-3H3/t15-/m0/s1. The van der Waals surface area contributed by atoms with Crippen LogP contribution in [0.1, 0.15) is 40.4 Å². The van der Waals surface area contributed by atoms with Gasteiger partial charge in [0.2, 0.25) is 0 Å². The smallest absolute Gasteiger partial charge is 0.191 e. The first-order valence-electron chi connectivity index (χ1n) is 9.32. The maximum atomic E-state index is 12.9. The number of aromatic nitrogens is 3. The molecule has 138 valence electrons. The van der Waals surface area contributed by atoms with E-state index in [1.807, 2.05) is 42.8 Å². The van der Waals surface area contributed by atoms with E-state index in [0.29, 0.717) is 0 Å². The van der Waals surface area contributed by atoms with Gasteiger partial charge in [0.15, 0.2) is 16.8 Å². The molecular formula is C22H23N3OS. The molecule has 1 aliphatic rings. The van der Waals surface area contributed by atoms with Gasteiger partial charge in [-0.15, -0.1) is 10.2 Å². The van der Waals surface area contributed by atoms with E-state index in [4.69, 9.17) is 0 Å². The van der Waals surface area contributed by atoms with Crippen molar-refractivity contribution in [3.05, 3.63) is 64.7 Å². The highest BCUT2D eigenvalue weighted by molar-refractivity contribution is 8.00. The van der Waals surface area contributed by atoms with Gasteiger partial charge in [-0.05, 0) is 55.9 Å². The number of carbonyl (C=O) groups excluding carboxylic acids is 1. The number of fused-ring (bicyclic) bond motifs is 1. The van der Waals surface area contributed by atoms with E-state index in [1.54, 1.807) is 0 Å². The minimum absolute atomic E-state index is 0.148. The number of hydrogen-bond donors (Lipinski definition) is 0. The zero-order valence-electron chi connectivity index (χ0n) is 15.9. The molecule has 1 aromatic heterocycles. The average molecular weight is 378 g/mol. The van der Waals surface area contributed by atoms with Crippen LogP contribution in [-0.4, -0.2) is 25.8 Å². The van der Waals surface area contributed by atoms with Crippen LogP contribution in [0.15, 0.2) is 47.6 Å². The third kappa shape index (κ3) is 3.44. The Hall–Kier alpha value is -2.40. The van der Waals surface area contributed by atoms with Crippen LogP contribution in [0.2, 0.25) is 0 Å². The van der Waals surface area contributed by atoms with E-state index in [-0.39, 0.29) is 11.0 Å². The van der Waals surface area contributed by atoms with Crippen LogP contribution in [0.3, 0.4) is 0 Å². The molecule has 0 saturated carbocycles. The van der Waals surface area contributed by atoms with Crippen LogP contribution in [-0.2, 0) is 19.9 Å². The fourth-order valence-corrected chi connectivity index (χ4v) is 4.54. The number of benzene rings is 2. The molecule has 0 N–H and O–H groups in total. The van der Waals surface area contributed by atoms with Crippen molar-refractivity contribution in [2.24, 2.45) is 7.05 Å². The molecule has 0 saturated heterocycles. The molecule has 3 aromatic rings. The Balaban J connectivity index is 1.54. The summed E-state index contributed by atoms with van der Waals surface area (Å²) < 4.78 is 1.97. The largest absolute Gasteiger partial charge is 0.305 e.